The average molecular weight is 778 g/mol. The van der Waals surface area contributed by atoms with Crippen molar-refractivity contribution in [3.8, 4) is 78.6 Å². The van der Waals surface area contributed by atoms with Crippen molar-refractivity contribution in [3.63, 3.8) is 0 Å². The van der Waals surface area contributed by atoms with Gasteiger partial charge in [0, 0.05) is 39.3 Å². The first-order valence-corrected chi connectivity index (χ1v) is 19.3. The summed E-state index contributed by atoms with van der Waals surface area (Å²) in [5.41, 5.74) is 8.13. The number of phenols is 1. The molecule has 0 atom stereocenters. The molecule has 59 heavy (non-hydrogen) atoms. The van der Waals surface area contributed by atoms with Gasteiger partial charge in [0.2, 0.25) is 0 Å². The Labute approximate surface area is 364 Å². The summed E-state index contributed by atoms with van der Waals surface area (Å²) in [6, 6.07) is 49.6. The fraction of sp³-hybridized carbons (Fsp3) is 0.127. The van der Waals surface area contributed by atoms with Crippen molar-refractivity contribution in [2.45, 2.75) is 46.7 Å². The monoisotopic (exact) mass is 777 g/mol. The molecule has 0 bridgehead atoms. The maximum atomic E-state index is 11.8. The first-order valence-electron chi connectivity index (χ1n) is 25.3. The number of hydrogen-bond donors (Lipinski definition) is 1. The van der Waals surface area contributed by atoms with Gasteiger partial charge < -0.3 is 5.11 Å². The summed E-state index contributed by atoms with van der Waals surface area (Å²) in [6.07, 6.45) is 1.64. The predicted molar refractivity (Wildman–Crippen MR) is 246 cm³/mol. The Morgan fingerprint density at radius 2 is 1.24 bits per heavy atom. The van der Waals surface area contributed by atoms with Crippen molar-refractivity contribution in [2.75, 3.05) is 0 Å². The van der Waals surface area contributed by atoms with Gasteiger partial charge >= 0.3 is 0 Å². The van der Waals surface area contributed by atoms with Crippen LogP contribution >= 0.6 is 0 Å². The number of rotatable bonds is 7. The van der Waals surface area contributed by atoms with E-state index in [-0.39, 0.29) is 16.9 Å². The lowest BCUT2D eigenvalue weighted by Crippen LogP contribution is -2.10. The largest absolute Gasteiger partial charge is 0.507 e. The van der Waals surface area contributed by atoms with Crippen molar-refractivity contribution in [1.29, 1.82) is 0 Å². The zero-order chi connectivity index (χ0) is 50.8. The molecule has 9 rings (SSSR count). The van der Waals surface area contributed by atoms with Crippen LogP contribution < -0.4 is 0 Å². The van der Waals surface area contributed by atoms with Crippen LogP contribution in [-0.4, -0.2) is 19.6 Å². The van der Waals surface area contributed by atoms with Crippen molar-refractivity contribution in [1.82, 2.24) is 14.5 Å². The minimum Gasteiger partial charge on any atom is -0.507 e. The fourth-order valence-corrected chi connectivity index (χ4v) is 7.88. The molecule has 1 N–H and O–H groups in total. The molecule has 0 unspecified atom stereocenters. The number of hydrogen-bond acceptors (Lipinski definition) is 3. The number of benzene rings is 7. The van der Waals surface area contributed by atoms with Crippen LogP contribution in [0.5, 0.6) is 5.75 Å². The van der Waals surface area contributed by atoms with E-state index in [4.69, 9.17) is 26.4 Å². The van der Waals surface area contributed by atoms with E-state index in [1.54, 1.807) is 30.5 Å². The van der Waals surface area contributed by atoms with E-state index < -0.39 is 32.8 Å². The third kappa shape index (κ3) is 7.23. The number of pyridine rings is 1. The van der Waals surface area contributed by atoms with E-state index in [1.807, 2.05) is 128 Å². The molecule has 7 aromatic carbocycles. The van der Waals surface area contributed by atoms with Crippen molar-refractivity contribution >= 4 is 11.0 Å². The van der Waals surface area contributed by atoms with Crippen molar-refractivity contribution in [3.05, 3.63) is 192 Å². The van der Waals surface area contributed by atoms with Gasteiger partial charge in [0.15, 0.2) is 0 Å². The number of para-hydroxylation sites is 1. The third-order valence-electron chi connectivity index (χ3n) is 10.8. The Morgan fingerprint density at radius 1 is 0.542 bits per heavy atom. The van der Waals surface area contributed by atoms with Gasteiger partial charge in [0.05, 0.1) is 28.0 Å². The predicted octanol–water partition coefficient (Wildman–Crippen LogP) is 14.4. The van der Waals surface area contributed by atoms with E-state index in [1.165, 1.54) is 24.3 Å². The lowest BCUT2D eigenvalue weighted by Gasteiger charge is -2.19. The topological polar surface area (TPSA) is 50.9 Å². The van der Waals surface area contributed by atoms with Crippen LogP contribution in [0.3, 0.4) is 0 Å². The summed E-state index contributed by atoms with van der Waals surface area (Å²) in [4.78, 5) is 10.2. The molecule has 4 heteroatoms. The Hall–Kier alpha value is -7.04. The van der Waals surface area contributed by atoms with Crippen LogP contribution in [0.2, 0.25) is 0 Å². The molecule has 0 aliphatic rings. The summed E-state index contributed by atoms with van der Waals surface area (Å²) < 4.78 is 101. The molecule has 2 heterocycles. The molecule has 288 valence electrons. The van der Waals surface area contributed by atoms with Gasteiger partial charge in [0.25, 0.3) is 0 Å². The highest BCUT2D eigenvalue weighted by atomic mass is 16.3. The van der Waals surface area contributed by atoms with Crippen LogP contribution in [-0.2, 0) is 5.41 Å². The molecule has 0 fully saturated rings. The second kappa shape index (κ2) is 15.0. The molecular formula is C55H47N3O. The molecule has 0 radical (unpaired) electrons. The van der Waals surface area contributed by atoms with E-state index in [9.17, 15) is 5.11 Å². The average Bonchev–Trinajstić information content (AvgIpc) is 3.71. The van der Waals surface area contributed by atoms with Gasteiger partial charge in [-0.15, -0.1) is 0 Å². The lowest BCUT2D eigenvalue weighted by molar-refractivity contribution is 0.472. The lowest BCUT2D eigenvalue weighted by atomic mass is 9.86. The summed E-state index contributed by atoms with van der Waals surface area (Å²) in [6.45, 7) is -8.75. The molecule has 0 amide bonds. The van der Waals surface area contributed by atoms with Crippen LogP contribution in [0.4, 0.5) is 0 Å². The number of aryl methyl sites for hydroxylation is 3. The summed E-state index contributed by atoms with van der Waals surface area (Å²) in [7, 11) is 0. The third-order valence-corrected chi connectivity index (χ3v) is 10.8. The summed E-state index contributed by atoms with van der Waals surface area (Å²) in [5.74, 6) is 0.512. The number of aromatic nitrogens is 3. The maximum absolute atomic E-state index is 11.8. The second-order valence-electron chi connectivity index (χ2n) is 14.9. The van der Waals surface area contributed by atoms with Crippen LogP contribution in [0.1, 0.15) is 59.3 Å². The molecule has 0 aliphatic carbocycles. The molecular weight excluding hydrogens is 719 g/mol. The van der Waals surface area contributed by atoms with Crippen LogP contribution in [0, 0.1) is 20.7 Å². The molecule has 2 aromatic heterocycles. The van der Waals surface area contributed by atoms with Gasteiger partial charge in [0.1, 0.15) is 11.6 Å². The van der Waals surface area contributed by atoms with Gasteiger partial charge in [-0.3, -0.25) is 9.55 Å². The highest BCUT2D eigenvalue weighted by Crippen LogP contribution is 2.42. The fourth-order valence-electron chi connectivity index (χ4n) is 7.88. The van der Waals surface area contributed by atoms with Gasteiger partial charge in [-0.2, -0.15) is 0 Å². The zero-order valence-electron chi connectivity index (χ0n) is 44.5. The zero-order valence-corrected chi connectivity index (χ0v) is 32.5. The smallest absolute Gasteiger partial charge is 0.149 e. The number of nitrogens with zero attached hydrogens (tertiary/aromatic N) is 3. The normalized spacial score (nSPS) is 15.5. The van der Waals surface area contributed by atoms with Gasteiger partial charge in [-0.25, -0.2) is 4.98 Å². The number of aromatic hydroxyl groups is 1. The SMILES string of the molecule is [2H]C([2H])([2H])c1ccc(-n2c(-c3cc(C)cc(C)c3O)nc3c(-c4cc(-c5ccccc5)cc(-c5cc(-c6ccc(C(C([2H])([2H])[2H])(C([2H])([2H])[2H])C([2H])([2H])[2H])cc6)ccn5)c4)cccc32)c(-c2ccccc2)c1. The number of fused-ring (bicyclic) bond motifs is 1. The van der Waals surface area contributed by atoms with E-state index in [0.717, 1.165) is 38.9 Å². The molecule has 9 aromatic rings. The Bertz CT molecular complexity index is 3410. The Balaban J connectivity index is 1.25. The quantitative estimate of drug-likeness (QED) is 0.175. The first-order chi connectivity index (χ1) is 33.5. The number of phenolic OH excluding ortho intramolecular Hbond substituents is 1. The second-order valence-corrected chi connectivity index (χ2v) is 14.9. The van der Waals surface area contributed by atoms with Crippen molar-refractivity contribution < 1.29 is 21.6 Å². The van der Waals surface area contributed by atoms with E-state index >= 15 is 0 Å². The molecule has 0 saturated carbocycles. The molecule has 4 nitrogen and oxygen atoms in total. The summed E-state index contributed by atoms with van der Waals surface area (Å²) in [5, 5.41) is 11.8. The van der Waals surface area contributed by atoms with Gasteiger partial charge in [-0.05, 0) is 131 Å². The first kappa shape index (κ1) is 26.1. The highest BCUT2D eigenvalue weighted by molar-refractivity contribution is 5.98. The number of imidazole rings is 1. The standard InChI is InChI=1S/C55H47N3O/c1-35-20-25-50(47(29-35)40-16-11-8-12-17-40)58-51-19-13-18-46(52(51)57-54(58)48-30-36(2)28-37(3)53(48)59)43-31-42(38-14-9-7-10-15-38)32-44(33-43)49-34-41(26-27-56-49)39-21-23-45(24-22-39)55(4,5)6/h7-34,59H,1-6H3/i1D3,4D3,5D3,6D3. The Kier molecular flexibility index (Phi) is 6.64. The molecule has 0 saturated heterocycles. The van der Waals surface area contributed by atoms with Crippen LogP contribution in [0.25, 0.3) is 83.9 Å². The minimum atomic E-state index is -3.39. The van der Waals surface area contributed by atoms with E-state index in [2.05, 4.69) is 6.07 Å². The van der Waals surface area contributed by atoms with Crippen LogP contribution in [0.15, 0.2) is 170 Å². The van der Waals surface area contributed by atoms with Crippen molar-refractivity contribution in [2.24, 2.45) is 0 Å². The highest BCUT2D eigenvalue weighted by Gasteiger charge is 2.23. The Morgan fingerprint density at radius 3 is 1.98 bits per heavy atom. The maximum Gasteiger partial charge on any atom is 0.149 e. The van der Waals surface area contributed by atoms with E-state index in [0.29, 0.717) is 56.1 Å². The minimum absolute atomic E-state index is 0.0641. The molecule has 0 spiro atoms. The molecule has 0 aliphatic heterocycles. The van der Waals surface area contributed by atoms with Gasteiger partial charge in [-0.1, -0.05) is 135 Å². The summed E-state index contributed by atoms with van der Waals surface area (Å²) >= 11 is 0.